The maximum atomic E-state index is 11.3. The Labute approximate surface area is 127 Å². The second-order valence-electron chi connectivity index (χ2n) is 4.09. The lowest BCUT2D eigenvalue weighted by Crippen LogP contribution is -2.18. The third-order valence-corrected chi connectivity index (χ3v) is 2.96. The van der Waals surface area contributed by atoms with Crippen molar-refractivity contribution in [2.45, 2.75) is 11.4 Å². The monoisotopic (exact) mass is 309 g/mol. The topological polar surface area (TPSA) is 38.3 Å². The van der Waals surface area contributed by atoms with Crippen molar-refractivity contribution in [1.29, 1.82) is 0 Å². The van der Waals surface area contributed by atoms with Crippen LogP contribution in [0.4, 0.5) is 5.69 Å². The molecule has 0 aliphatic heterocycles. The van der Waals surface area contributed by atoms with Gasteiger partial charge in [-0.25, -0.2) is 0 Å². The summed E-state index contributed by atoms with van der Waals surface area (Å²) >= 11 is 10.9. The fourth-order valence-electron chi connectivity index (χ4n) is 1.57. The fourth-order valence-corrected chi connectivity index (χ4v) is 1.68. The van der Waals surface area contributed by atoms with E-state index in [4.69, 9.17) is 27.9 Å². The summed E-state index contributed by atoms with van der Waals surface area (Å²) in [7, 11) is 0. The molecule has 5 heteroatoms. The van der Waals surface area contributed by atoms with Gasteiger partial charge in [0.1, 0.15) is 12.4 Å². The maximum absolute atomic E-state index is 11.3. The summed E-state index contributed by atoms with van der Waals surface area (Å²) in [6.45, 7) is 0.498. The molecule has 0 atom stereocenters. The van der Waals surface area contributed by atoms with E-state index < -0.39 is 10.7 Å². The lowest BCUT2D eigenvalue weighted by atomic mass is 10.2. The van der Waals surface area contributed by atoms with E-state index in [9.17, 15) is 4.79 Å². The highest BCUT2D eigenvalue weighted by Crippen LogP contribution is 2.18. The predicted octanol–water partition coefficient (Wildman–Crippen LogP) is 4.01. The summed E-state index contributed by atoms with van der Waals surface area (Å²) in [5, 5.41) is 2.58. The number of alkyl halides is 2. The molecule has 3 nitrogen and oxygen atoms in total. The van der Waals surface area contributed by atoms with Crippen LogP contribution in [0.5, 0.6) is 5.75 Å². The van der Waals surface area contributed by atoms with E-state index in [1.54, 1.807) is 24.3 Å². The smallest absolute Gasteiger partial charge is 0.257 e. The summed E-state index contributed by atoms with van der Waals surface area (Å²) in [6, 6.07) is 16.9. The van der Waals surface area contributed by atoms with Gasteiger partial charge in [0.25, 0.3) is 5.91 Å². The number of benzene rings is 2. The van der Waals surface area contributed by atoms with Crippen molar-refractivity contribution in [3.05, 3.63) is 60.2 Å². The molecular formula is C15H13Cl2NO2. The normalized spacial score (nSPS) is 10.3. The fraction of sp³-hybridized carbons (Fsp3) is 0.133. The number of nitrogens with one attached hydrogen (secondary N) is 1. The van der Waals surface area contributed by atoms with E-state index in [0.717, 1.165) is 11.3 Å². The third kappa shape index (κ3) is 4.44. The Morgan fingerprint density at radius 1 is 1.05 bits per heavy atom. The molecule has 0 unspecified atom stereocenters. The number of ether oxygens (including phenoxy) is 1. The second-order valence-corrected chi connectivity index (χ2v) is 5.18. The van der Waals surface area contributed by atoms with E-state index in [0.29, 0.717) is 12.3 Å². The van der Waals surface area contributed by atoms with Gasteiger partial charge in [-0.3, -0.25) is 4.79 Å². The first-order valence-electron chi connectivity index (χ1n) is 6.01. The highest BCUT2D eigenvalue weighted by atomic mass is 35.5. The van der Waals surface area contributed by atoms with Gasteiger partial charge >= 0.3 is 0 Å². The predicted molar refractivity (Wildman–Crippen MR) is 81.3 cm³/mol. The van der Waals surface area contributed by atoms with Crippen LogP contribution in [-0.2, 0) is 11.4 Å². The van der Waals surface area contributed by atoms with Gasteiger partial charge in [-0.1, -0.05) is 53.5 Å². The molecule has 104 valence electrons. The van der Waals surface area contributed by atoms with Crippen molar-refractivity contribution < 1.29 is 9.53 Å². The molecule has 0 radical (unpaired) electrons. The van der Waals surface area contributed by atoms with Crippen LogP contribution < -0.4 is 10.1 Å². The lowest BCUT2D eigenvalue weighted by Gasteiger charge is -2.08. The Hall–Kier alpha value is -1.71. The SMILES string of the molecule is O=C(Nc1ccc(OCc2ccccc2)cc1)C(Cl)Cl. The van der Waals surface area contributed by atoms with Gasteiger partial charge in [-0.05, 0) is 29.8 Å². The standard InChI is InChI=1S/C15H13Cl2NO2/c16-14(17)15(19)18-12-6-8-13(9-7-12)20-10-11-4-2-1-3-5-11/h1-9,14H,10H2,(H,18,19). The van der Waals surface area contributed by atoms with E-state index >= 15 is 0 Å². The molecular weight excluding hydrogens is 297 g/mol. The summed E-state index contributed by atoms with van der Waals surface area (Å²) in [6.07, 6.45) is 0. The molecule has 0 saturated heterocycles. The number of rotatable bonds is 5. The molecule has 0 fully saturated rings. The second kappa shape index (κ2) is 7.17. The quantitative estimate of drug-likeness (QED) is 0.848. The molecule has 2 rings (SSSR count). The van der Waals surface area contributed by atoms with Crippen LogP contribution in [0, 0.1) is 0 Å². The van der Waals surface area contributed by atoms with Gasteiger partial charge in [0.15, 0.2) is 4.84 Å². The van der Waals surface area contributed by atoms with Crippen LogP contribution >= 0.6 is 23.2 Å². The third-order valence-electron chi connectivity index (χ3n) is 2.57. The average molecular weight is 310 g/mol. The Morgan fingerprint density at radius 3 is 2.30 bits per heavy atom. The number of carbonyl (C=O) groups is 1. The molecule has 0 aliphatic carbocycles. The highest BCUT2D eigenvalue weighted by Gasteiger charge is 2.10. The molecule has 1 amide bonds. The van der Waals surface area contributed by atoms with Gasteiger partial charge in [0.2, 0.25) is 0 Å². The minimum atomic E-state index is -1.08. The van der Waals surface area contributed by atoms with Crippen molar-refractivity contribution in [3.63, 3.8) is 0 Å². The Morgan fingerprint density at radius 2 is 1.70 bits per heavy atom. The van der Waals surface area contributed by atoms with Gasteiger partial charge in [0, 0.05) is 5.69 Å². The van der Waals surface area contributed by atoms with E-state index in [1.165, 1.54) is 0 Å². The van der Waals surface area contributed by atoms with Crippen molar-refractivity contribution in [2.24, 2.45) is 0 Å². The van der Waals surface area contributed by atoms with Gasteiger partial charge in [-0.15, -0.1) is 0 Å². The summed E-state index contributed by atoms with van der Waals surface area (Å²) in [5.74, 6) is 0.270. The van der Waals surface area contributed by atoms with Crippen molar-refractivity contribution in [2.75, 3.05) is 5.32 Å². The first-order valence-corrected chi connectivity index (χ1v) is 6.88. The van der Waals surface area contributed by atoms with Gasteiger partial charge in [0.05, 0.1) is 0 Å². The van der Waals surface area contributed by atoms with Crippen molar-refractivity contribution >= 4 is 34.8 Å². The van der Waals surface area contributed by atoms with Crippen LogP contribution in [-0.4, -0.2) is 10.7 Å². The molecule has 2 aromatic rings. The number of hydrogen-bond donors (Lipinski definition) is 1. The number of carbonyl (C=O) groups excluding carboxylic acids is 1. The summed E-state index contributed by atoms with van der Waals surface area (Å²) in [4.78, 5) is 10.2. The number of halogens is 2. The molecule has 1 N–H and O–H groups in total. The van der Waals surface area contributed by atoms with Crippen LogP contribution in [0.1, 0.15) is 5.56 Å². The van der Waals surface area contributed by atoms with Gasteiger partial charge < -0.3 is 10.1 Å². The zero-order valence-corrected chi connectivity index (χ0v) is 12.1. The van der Waals surface area contributed by atoms with Gasteiger partial charge in [-0.2, -0.15) is 0 Å². The van der Waals surface area contributed by atoms with E-state index in [-0.39, 0.29) is 0 Å². The minimum absolute atomic E-state index is 0.453. The molecule has 0 saturated carbocycles. The van der Waals surface area contributed by atoms with Crippen LogP contribution in [0.15, 0.2) is 54.6 Å². The van der Waals surface area contributed by atoms with Crippen LogP contribution in [0.2, 0.25) is 0 Å². The zero-order valence-electron chi connectivity index (χ0n) is 10.6. The molecule has 0 aliphatic rings. The average Bonchev–Trinajstić information content (AvgIpc) is 2.47. The van der Waals surface area contributed by atoms with Crippen LogP contribution in [0.25, 0.3) is 0 Å². The van der Waals surface area contributed by atoms with E-state index in [2.05, 4.69) is 5.32 Å². The van der Waals surface area contributed by atoms with Crippen molar-refractivity contribution in [3.8, 4) is 5.75 Å². The molecule has 0 heterocycles. The Kier molecular flexibility index (Phi) is 5.27. The molecule has 0 aromatic heterocycles. The Bertz CT molecular complexity index is 556. The lowest BCUT2D eigenvalue weighted by molar-refractivity contribution is -0.114. The molecule has 0 spiro atoms. The largest absolute Gasteiger partial charge is 0.489 e. The van der Waals surface area contributed by atoms with E-state index in [1.807, 2.05) is 30.3 Å². The highest BCUT2D eigenvalue weighted by molar-refractivity contribution is 6.54. The molecule has 20 heavy (non-hydrogen) atoms. The first-order chi connectivity index (χ1) is 9.65. The van der Waals surface area contributed by atoms with Crippen LogP contribution in [0.3, 0.4) is 0 Å². The number of anilines is 1. The number of amides is 1. The zero-order chi connectivity index (χ0) is 14.4. The Balaban J connectivity index is 1.90. The minimum Gasteiger partial charge on any atom is -0.489 e. The molecule has 0 bridgehead atoms. The van der Waals surface area contributed by atoms with Crippen molar-refractivity contribution in [1.82, 2.24) is 0 Å². The maximum Gasteiger partial charge on any atom is 0.257 e. The summed E-state index contributed by atoms with van der Waals surface area (Å²) < 4.78 is 5.63. The molecule has 2 aromatic carbocycles. The summed E-state index contributed by atoms with van der Waals surface area (Å²) in [5.41, 5.74) is 1.71. The first kappa shape index (κ1) is 14.7. The number of hydrogen-bond acceptors (Lipinski definition) is 2.